The van der Waals surface area contributed by atoms with Gasteiger partial charge < -0.3 is 14.6 Å². The predicted octanol–water partition coefficient (Wildman–Crippen LogP) is 12.4. The van der Waals surface area contributed by atoms with Gasteiger partial charge in [0.2, 0.25) is 5.96 Å². The predicted molar refractivity (Wildman–Crippen MR) is 221 cm³/mol. The highest BCUT2D eigenvalue weighted by molar-refractivity contribution is 7.25. The van der Waals surface area contributed by atoms with Crippen LogP contribution in [0.1, 0.15) is 18.9 Å². The SMILES string of the molecule is CC1(N(C2=NC(c3ccc4sc5ccc(-c6ccc(-c7cccc8c7oc7ccccc78)cc6)cc5c4c3)=CCN2)c2ccccc2)C=CC=CC1. The van der Waals surface area contributed by atoms with E-state index in [-0.39, 0.29) is 5.54 Å². The van der Waals surface area contributed by atoms with Crippen LogP contribution in [-0.2, 0) is 0 Å². The van der Waals surface area contributed by atoms with Crippen LogP contribution in [0.3, 0.4) is 0 Å². The van der Waals surface area contributed by atoms with E-state index >= 15 is 0 Å². The van der Waals surface area contributed by atoms with Crippen LogP contribution in [0.25, 0.3) is 70.1 Å². The molecular formula is C47H35N3OS. The summed E-state index contributed by atoms with van der Waals surface area (Å²) in [6.07, 6.45) is 11.9. The van der Waals surface area contributed by atoms with Gasteiger partial charge in [-0.05, 0) is 78.6 Å². The number of guanidine groups is 1. The van der Waals surface area contributed by atoms with Gasteiger partial charge >= 0.3 is 0 Å². The standard InChI is InChI=1S/C47H35N3OS/c1-47(26-8-3-9-27-47)50(35-11-4-2-5-12-35)46-48-28-25-41(49-46)34-22-24-44-40(30-34)39-29-33(21-23-43(39)52-44)31-17-19-32(20-18-31)36-14-10-15-38-37-13-6-7-16-42(37)51-45(36)38/h2-26,29-30H,27-28H2,1H3,(H,48,49). The lowest BCUT2D eigenvalue weighted by Gasteiger charge is -2.42. The molecule has 1 unspecified atom stereocenters. The molecule has 1 N–H and O–H groups in total. The molecule has 4 nitrogen and oxygen atoms in total. The van der Waals surface area contributed by atoms with Crippen LogP contribution in [0.4, 0.5) is 5.69 Å². The summed E-state index contributed by atoms with van der Waals surface area (Å²) in [4.78, 5) is 7.62. The molecule has 2 aliphatic rings. The monoisotopic (exact) mass is 689 g/mol. The molecule has 0 radical (unpaired) electrons. The van der Waals surface area contributed by atoms with Gasteiger partial charge in [0.25, 0.3) is 0 Å². The first-order chi connectivity index (χ1) is 25.6. The molecule has 1 atom stereocenters. The fourth-order valence-corrected chi connectivity index (χ4v) is 8.87. The topological polar surface area (TPSA) is 40.8 Å². The number of allylic oxidation sites excluding steroid dienone is 2. The van der Waals surface area contributed by atoms with Crippen LogP contribution < -0.4 is 10.2 Å². The van der Waals surface area contributed by atoms with E-state index in [9.17, 15) is 0 Å². The van der Waals surface area contributed by atoms with Crippen molar-refractivity contribution in [2.45, 2.75) is 18.9 Å². The third-order valence-corrected chi connectivity index (χ3v) is 11.6. The third kappa shape index (κ3) is 5.16. The van der Waals surface area contributed by atoms with E-state index in [1.807, 2.05) is 23.5 Å². The lowest BCUT2D eigenvalue weighted by molar-refractivity contribution is 0.573. The number of rotatable bonds is 5. The minimum absolute atomic E-state index is 0.243. The minimum Gasteiger partial charge on any atom is -0.455 e. The molecule has 0 saturated heterocycles. The number of anilines is 1. The van der Waals surface area contributed by atoms with E-state index in [0.29, 0.717) is 6.54 Å². The quantitative estimate of drug-likeness (QED) is 0.196. The fraction of sp³-hybridized carbons (Fsp3) is 0.0851. The van der Waals surface area contributed by atoms with E-state index in [2.05, 4.69) is 169 Å². The molecule has 1 aliphatic carbocycles. The Balaban J connectivity index is 0.994. The first-order valence-electron chi connectivity index (χ1n) is 17.8. The molecule has 0 spiro atoms. The number of aliphatic imine (C=N–C) groups is 1. The van der Waals surface area contributed by atoms with Gasteiger partial charge in [-0.3, -0.25) is 0 Å². The molecule has 52 heavy (non-hydrogen) atoms. The molecule has 10 rings (SSSR count). The molecular weight excluding hydrogens is 655 g/mol. The average molecular weight is 690 g/mol. The van der Waals surface area contributed by atoms with Gasteiger partial charge in [0.05, 0.1) is 11.2 Å². The van der Waals surface area contributed by atoms with Crippen molar-refractivity contribution < 1.29 is 4.42 Å². The number of fused-ring (bicyclic) bond motifs is 6. The maximum absolute atomic E-state index is 6.33. The van der Waals surface area contributed by atoms with Crippen molar-refractivity contribution in [1.82, 2.24) is 5.32 Å². The fourth-order valence-electron chi connectivity index (χ4n) is 7.80. The van der Waals surface area contributed by atoms with E-state index in [1.54, 1.807) is 0 Å². The molecule has 250 valence electrons. The second kappa shape index (κ2) is 12.3. The summed E-state index contributed by atoms with van der Waals surface area (Å²) in [6, 6.07) is 47.8. The summed E-state index contributed by atoms with van der Waals surface area (Å²) in [7, 11) is 0. The minimum atomic E-state index is -0.243. The lowest BCUT2D eigenvalue weighted by Crippen LogP contribution is -2.54. The van der Waals surface area contributed by atoms with Crippen molar-refractivity contribution >= 4 is 70.8 Å². The Morgan fingerprint density at radius 2 is 1.38 bits per heavy atom. The second-order valence-corrected chi connectivity index (χ2v) is 14.9. The smallest absolute Gasteiger partial charge is 0.204 e. The average Bonchev–Trinajstić information content (AvgIpc) is 3.77. The Bertz CT molecular complexity index is 2780. The largest absolute Gasteiger partial charge is 0.455 e. The van der Waals surface area contributed by atoms with E-state index in [4.69, 9.17) is 9.41 Å². The molecule has 2 aromatic heterocycles. The molecule has 0 saturated carbocycles. The maximum Gasteiger partial charge on any atom is 0.204 e. The highest BCUT2D eigenvalue weighted by Gasteiger charge is 2.34. The highest BCUT2D eigenvalue weighted by Crippen LogP contribution is 2.40. The first-order valence-corrected chi connectivity index (χ1v) is 18.6. The van der Waals surface area contributed by atoms with Crippen LogP contribution in [0.5, 0.6) is 0 Å². The Kier molecular flexibility index (Phi) is 7.22. The van der Waals surface area contributed by atoms with E-state index < -0.39 is 0 Å². The summed E-state index contributed by atoms with van der Waals surface area (Å²) in [5.74, 6) is 0.865. The molecule has 8 aromatic rings. The summed E-state index contributed by atoms with van der Waals surface area (Å²) in [6.45, 7) is 2.98. The highest BCUT2D eigenvalue weighted by atomic mass is 32.1. The van der Waals surface area contributed by atoms with Crippen LogP contribution >= 0.6 is 11.3 Å². The normalized spacial score (nSPS) is 17.1. The van der Waals surface area contributed by atoms with Crippen LogP contribution in [-0.4, -0.2) is 18.0 Å². The molecule has 0 fully saturated rings. The zero-order valence-electron chi connectivity index (χ0n) is 28.7. The van der Waals surface area contributed by atoms with Crippen molar-refractivity contribution in [2.24, 2.45) is 4.99 Å². The summed E-state index contributed by atoms with van der Waals surface area (Å²) < 4.78 is 8.90. The van der Waals surface area contributed by atoms with Crippen LogP contribution in [0.2, 0.25) is 0 Å². The van der Waals surface area contributed by atoms with Crippen LogP contribution in [0, 0.1) is 0 Å². The summed E-state index contributed by atoms with van der Waals surface area (Å²) in [5, 5.41) is 8.42. The molecule has 5 heteroatoms. The summed E-state index contributed by atoms with van der Waals surface area (Å²) in [5.41, 5.74) is 9.48. The second-order valence-electron chi connectivity index (χ2n) is 13.8. The van der Waals surface area contributed by atoms with Gasteiger partial charge in [0.1, 0.15) is 11.2 Å². The molecule has 3 heterocycles. The molecule has 0 amide bonds. The maximum atomic E-state index is 6.33. The van der Waals surface area contributed by atoms with Gasteiger partial charge in [-0.1, -0.05) is 115 Å². The van der Waals surface area contributed by atoms with Crippen molar-refractivity contribution in [3.8, 4) is 22.3 Å². The van der Waals surface area contributed by atoms with Crippen molar-refractivity contribution in [3.05, 3.63) is 169 Å². The summed E-state index contributed by atoms with van der Waals surface area (Å²) >= 11 is 1.84. The number of hydrogen-bond acceptors (Lipinski definition) is 5. The number of furan rings is 1. The zero-order chi connectivity index (χ0) is 34.6. The Hall–Kier alpha value is -6.17. The van der Waals surface area contributed by atoms with Gasteiger partial charge in [0.15, 0.2) is 0 Å². The number of nitrogens with zero attached hydrogens (tertiary/aromatic N) is 2. The zero-order valence-corrected chi connectivity index (χ0v) is 29.5. The van der Waals surface area contributed by atoms with Gasteiger partial charge in [-0.25, -0.2) is 4.99 Å². The lowest BCUT2D eigenvalue weighted by atomic mass is 9.91. The van der Waals surface area contributed by atoms with Gasteiger partial charge in [0, 0.05) is 54.3 Å². The number of hydrogen-bond donors (Lipinski definition) is 1. The number of benzene rings is 6. The number of nitrogens with one attached hydrogen (secondary N) is 1. The van der Waals surface area contributed by atoms with E-state index in [1.165, 1.54) is 31.3 Å². The Labute approximate surface area is 306 Å². The third-order valence-electron chi connectivity index (χ3n) is 10.5. The first kappa shape index (κ1) is 30.6. The molecule has 0 bridgehead atoms. The molecule has 1 aliphatic heterocycles. The van der Waals surface area contributed by atoms with Crippen molar-refractivity contribution in [1.29, 1.82) is 0 Å². The Morgan fingerprint density at radius 1 is 0.673 bits per heavy atom. The molecule has 6 aromatic carbocycles. The van der Waals surface area contributed by atoms with Crippen LogP contribution in [0.15, 0.2) is 173 Å². The van der Waals surface area contributed by atoms with Gasteiger partial charge in [-0.15, -0.1) is 11.3 Å². The van der Waals surface area contributed by atoms with Crippen molar-refractivity contribution in [3.63, 3.8) is 0 Å². The number of thiophene rings is 1. The van der Waals surface area contributed by atoms with Gasteiger partial charge in [-0.2, -0.15) is 0 Å². The number of para-hydroxylation sites is 3. The Morgan fingerprint density at radius 3 is 2.19 bits per heavy atom. The van der Waals surface area contributed by atoms with E-state index in [0.717, 1.165) is 62.4 Å². The van der Waals surface area contributed by atoms with Crippen molar-refractivity contribution in [2.75, 3.05) is 11.4 Å².